The maximum atomic E-state index is 13.1. The van der Waals surface area contributed by atoms with Gasteiger partial charge >= 0.3 is 0 Å². The van der Waals surface area contributed by atoms with Gasteiger partial charge < -0.3 is 14.8 Å². The number of nitrogens with one attached hydrogen (secondary N) is 1. The SMILES string of the molecule is COc1ccc(C(=O)N[C@@H](C)c2ccc(F)cc2)cc1COc1ccc(Cl)cc1. The lowest BCUT2D eigenvalue weighted by molar-refractivity contribution is 0.0939. The molecule has 29 heavy (non-hydrogen) atoms. The van der Waals surface area contributed by atoms with E-state index in [0.29, 0.717) is 22.1 Å². The van der Waals surface area contributed by atoms with Crippen LogP contribution in [0.25, 0.3) is 0 Å². The largest absolute Gasteiger partial charge is 0.496 e. The zero-order valence-electron chi connectivity index (χ0n) is 16.1. The minimum Gasteiger partial charge on any atom is -0.496 e. The van der Waals surface area contributed by atoms with E-state index in [-0.39, 0.29) is 24.4 Å². The standard InChI is InChI=1S/C23H21ClFNO3/c1-15(16-3-8-20(25)9-4-16)26-23(27)17-5-12-22(28-2)18(13-17)14-29-21-10-6-19(24)7-11-21/h3-13,15H,14H2,1-2H3,(H,26,27)/t15-/m0/s1. The van der Waals surface area contributed by atoms with Crippen LogP contribution in [0.3, 0.4) is 0 Å². The summed E-state index contributed by atoms with van der Waals surface area (Å²) in [5.74, 6) is 0.739. The Morgan fingerprint density at radius 2 is 1.76 bits per heavy atom. The van der Waals surface area contributed by atoms with Gasteiger partial charge in [-0.3, -0.25) is 4.79 Å². The maximum absolute atomic E-state index is 13.1. The number of amides is 1. The fourth-order valence-electron chi connectivity index (χ4n) is 2.84. The summed E-state index contributed by atoms with van der Waals surface area (Å²) in [6, 6.07) is 18.0. The predicted molar refractivity (Wildman–Crippen MR) is 111 cm³/mol. The first kappa shape index (κ1) is 20.7. The Labute approximate surface area is 174 Å². The summed E-state index contributed by atoms with van der Waals surface area (Å²) in [7, 11) is 1.57. The number of carbonyl (C=O) groups is 1. The lowest BCUT2D eigenvalue weighted by Crippen LogP contribution is -2.26. The van der Waals surface area contributed by atoms with Gasteiger partial charge in [-0.15, -0.1) is 0 Å². The van der Waals surface area contributed by atoms with Crippen molar-refractivity contribution >= 4 is 17.5 Å². The Morgan fingerprint density at radius 3 is 2.41 bits per heavy atom. The molecule has 4 nitrogen and oxygen atoms in total. The lowest BCUT2D eigenvalue weighted by Gasteiger charge is -2.16. The number of rotatable bonds is 7. The van der Waals surface area contributed by atoms with E-state index in [1.54, 1.807) is 61.7 Å². The molecule has 0 aromatic heterocycles. The van der Waals surface area contributed by atoms with Crippen LogP contribution in [0.1, 0.15) is 34.5 Å². The summed E-state index contributed by atoms with van der Waals surface area (Å²) in [4.78, 5) is 12.7. The normalized spacial score (nSPS) is 11.6. The fraction of sp³-hybridized carbons (Fsp3) is 0.174. The minimum absolute atomic E-state index is 0.236. The predicted octanol–water partition coefficient (Wildman–Crippen LogP) is 5.56. The molecule has 0 unspecified atom stereocenters. The number of methoxy groups -OCH3 is 1. The second kappa shape index (κ2) is 9.43. The van der Waals surface area contributed by atoms with E-state index >= 15 is 0 Å². The summed E-state index contributed by atoms with van der Waals surface area (Å²) in [6.45, 7) is 2.08. The zero-order chi connectivity index (χ0) is 20.8. The first-order valence-corrected chi connectivity index (χ1v) is 9.45. The van der Waals surface area contributed by atoms with Crippen molar-refractivity contribution in [2.45, 2.75) is 19.6 Å². The van der Waals surface area contributed by atoms with Crippen LogP contribution in [0.2, 0.25) is 5.02 Å². The third-order valence-electron chi connectivity index (χ3n) is 4.47. The van der Waals surface area contributed by atoms with Crippen molar-refractivity contribution < 1.29 is 18.7 Å². The topological polar surface area (TPSA) is 47.6 Å². The molecule has 0 heterocycles. The van der Waals surface area contributed by atoms with Gasteiger partial charge in [-0.1, -0.05) is 23.7 Å². The van der Waals surface area contributed by atoms with Crippen LogP contribution in [-0.4, -0.2) is 13.0 Å². The number of benzene rings is 3. The molecular formula is C23H21ClFNO3. The second-order valence-electron chi connectivity index (χ2n) is 6.52. The monoisotopic (exact) mass is 413 g/mol. The van der Waals surface area contributed by atoms with Crippen molar-refractivity contribution in [2.75, 3.05) is 7.11 Å². The van der Waals surface area contributed by atoms with Crippen LogP contribution in [0.5, 0.6) is 11.5 Å². The van der Waals surface area contributed by atoms with E-state index in [1.165, 1.54) is 12.1 Å². The van der Waals surface area contributed by atoms with E-state index in [0.717, 1.165) is 11.1 Å². The number of hydrogen-bond donors (Lipinski definition) is 1. The summed E-state index contributed by atoms with van der Waals surface area (Å²) in [5, 5.41) is 3.55. The molecule has 0 spiro atoms. The van der Waals surface area contributed by atoms with Gasteiger partial charge in [0, 0.05) is 16.1 Å². The van der Waals surface area contributed by atoms with Crippen molar-refractivity contribution in [2.24, 2.45) is 0 Å². The molecule has 1 N–H and O–H groups in total. The van der Waals surface area contributed by atoms with Crippen LogP contribution in [-0.2, 0) is 6.61 Å². The first-order valence-electron chi connectivity index (χ1n) is 9.08. The third kappa shape index (κ3) is 5.48. The van der Waals surface area contributed by atoms with Gasteiger partial charge in [0.1, 0.15) is 23.9 Å². The molecule has 0 saturated heterocycles. The molecule has 0 saturated carbocycles. The van der Waals surface area contributed by atoms with E-state index in [9.17, 15) is 9.18 Å². The van der Waals surface area contributed by atoms with E-state index < -0.39 is 0 Å². The number of ether oxygens (including phenoxy) is 2. The molecule has 3 aromatic rings. The molecule has 1 atom stereocenters. The van der Waals surface area contributed by atoms with Gasteiger partial charge in [0.05, 0.1) is 13.2 Å². The Balaban J connectivity index is 1.71. The number of carbonyl (C=O) groups excluding carboxylic acids is 1. The molecule has 0 aliphatic rings. The smallest absolute Gasteiger partial charge is 0.251 e. The molecule has 0 aliphatic carbocycles. The van der Waals surface area contributed by atoms with Gasteiger partial charge in [0.15, 0.2) is 0 Å². The molecule has 1 amide bonds. The van der Waals surface area contributed by atoms with Gasteiger partial charge in [0.25, 0.3) is 5.91 Å². The molecule has 150 valence electrons. The Morgan fingerprint density at radius 1 is 1.07 bits per heavy atom. The highest BCUT2D eigenvalue weighted by Crippen LogP contribution is 2.24. The van der Waals surface area contributed by atoms with Crippen molar-refractivity contribution in [3.05, 3.63) is 94.3 Å². The van der Waals surface area contributed by atoms with Crippen LogP contribution < -0.4 is 14.8 Å². The van der Waals surface area contributed by atoms with E-state index in [2.05, 4.69) is 5.32 Å². The van der Waals surface area contributed by atoms with Crippen LogP contribution in [0.4, 0.5) is 4.39 Å². The molecule has 0 fully saturated rings. The van der Waals surface area contributed by atoms with E-state index in [1.807, 2.05) is 6.92 Å². The average Bonchev–Trinajstić information content (AvgIpc) is 2.73. The van der Waals surface area contributed by atoms with Gasteiger partial charge in [-0.2, -0.15) is 0 Å². The Bertz CT molecular complexity index is 974. The van der Waals surface area contributed by atoms with Gasteiger partial charge in [-0.25, -0.2) is 4.39 Å². The van der Waals surface area contributed by atoms with Crippen LogP contribution in [0, 0.1) is 5.82 Å². The quantitative estimate of drug-likeness (QED) is 0.551. The number of hydrogen-bond acceptors (Lipinski definition) is 3. The van der Waals surface area contributed by atoms with Crippen molar-refractivity contribution in [1.29, 1.82) is 0 Å². The Hall–Kier alpha value is -3.05. The molecule has 0 radical (unpaired) electrons. The summed E-state index contributed by atoms with van der Waals surface area (Å²) >= 11 is 5.89. The first-order chi connectivity index (χ1) is 14.0. The van der Waals surface area contributed by atoms with Crippen LogP contribution >= 0.6 is 11.6 Å². The molecule has 0 bridgehead atoms. The summed E-state index contributed by atoms with van der Waals surface area (Å²) in [5.41, 5.74) is 2.04. The van der Waals surface area contributed by atoms with E-state index in [4.69, 9.17) is 21.1 Å². The molecule has 3 aromatic carbocycles. The van der Waals surface area contributed by atoms with Crippen molar-refractivity contribution in [3.8, 4) is 11.5 Å². The molecule has 6 heteroatoms. The average molecular weight is 414 g/mol. The third-order valence-corrected chi connectivity index (χ3v) is 4.72. The fourth-order valence-corrected chi connectivity index (χ4v) is 2.97. The highest BCUT2D eigenvalue weighted by atomic mass is 35.5. The maximum Gasteiger partial charge on any atom is 0.251 e. The lowest BCUT2D eigenvalue weighted by atomic mass is 10.1. The number of halogens is 2. The van der Waals surface area contributed by atoms with Gasteiger partial charge in [-0.05, 0) is 67.1 Å². The summed E-state index contributed by atoms with van der Waals surface area (Å²) < 4.78 is 24.3. The second-order valence-corrected chi connectivity index (χ2v) is 6.95. The van der Waals surface area contributed by atoms with Gasteiger partial charge in [0.2, 0.25) is 0 Å². The zero-order valence-corrected chi connectivity index (χ0v) is 16.9. The Kier molecular flexibility index (Phi) is 6.73. The highest BCUT2D eigenvalue weighted by Gasteiger charge is 2.14. The molecule has 0 aliphatic heterocycles. The highest BCUT2D eigenvalue weighted by molar-refractivity contribution is 6.30. The molecule has 3 rings (SSSR count). The minimum atomic E-state index is -0.312. The van der Waals surface area contributed by atoms with Crippen molar-refractivity contribution in [1.82, 2.24) is 5.32 Å². The molecular weight excluding hydrogens is 393 g/mol. The van der Waals surface area contributed by atoms with Crippen LogP contribution in [0.15, 0.2) is 66.7 Å². The van der Waals surface area contributed by atoms with Crippen molar-refractivity contribution in [3.63, 3.8) is 0 Å². The summed E-state index contributed by atoms with van der Waals surface area (Å²) in [6.07, 6.45) is 0.